The molecule has 1 aromatic heterocycles. The second-order valence-corrected chi connectivity index (χ2v) is 7.65. The zero-order chi connectivity index (χ0) is 21.3. The van der Waals surface area contributed by atoms with Crippen LogP contribution in [-0.4, -0.2) is 35.3 Å². The Morgan fingerprint density at radius 1 is 1.13 bits per heavy atom. The van der Waals surface area contributed by atoms with E-state index >= 15 is 4.39 Å². The molecule has 3 N–H and O–H groups in total. The summed E-state index contributed by atoms with van der Waals surface area (Å²) in [6.07, 6.45) is 0.387. The summed E-state index contributed by atoms with van der Waals surface area (Å²) in [6, 6.07) is 7.32. The molecule has 0 bridgehead atoms. The van der Waals surface area contributed by atoms with Crippen LogP contribution in [0.4, 0.5) is 13.6 Å². The van der Waals surface area contributed by atoms with E-state index < -0.39 is 34.8 Å². The maximum atomic E-state index is 15.6. The van der Waals surface area contributed by atoms with Gasteiger partial charge in [-0.2, -0.15) is 0 Å². The number of carbonyl (C=O) groups is 2. The summed E-state index contributed by atoms with van der Waals surface area (Å²) < 4.78 is 40.5. The lowest BCUT2D eigenvalue weighted by Crippen LogP contribution is -2.46. The Kier molecular flexibility index (Phi) is 3.80. The van der Waals surface area contributed by atoms with Crippen LogP contribution in [0.15, 0.2) is 36.5 Å². The zero-order valence-electron chi connectivity index (χ0n) is 15.7. The minimum absolute atomic E-state index is 0.0474. The Morgan fingerprint density at radius 3 is 2.40 bits per heavy atom. The molecule has 0 aliphatic carbocycles. The van der Waals surface area contributed by atoms with Gasteiger partial charge in [-0.25, -0.2) is 13.6 Å². The number of halogens is 2. The van der Waals surface area contributed by atoms with E-state index in [2.05, 4.69) is 4.98 Å². The molecule has 2 aromatic carbocycles. The third kappa shape index (κ3) is 2.49. The number of cyclic esters (lactones) is 1. The molecule has 0 unspecified atom stereocenters. The van der Waals surface area contributed by atoms with Crippen LogP contribution in [0.3, 0.4) is 0 Å². The molecule has 30 heavy (non-hydrogen) atoms. The molecule has 3 heterocycles. The van der Waals surface area contributed by atoms with Crippen LogP contribution in [0.25, 0.3) is 22.0 Å². The van der Waals surface area contributed by atoms with Crippen LogP contribution < -0.4 is 5.32 Å². The highest BCUT2D eigenvalue weighted by molar-refractivity contribution is 6.06. The molecule has 0 spiro atoms. The number of aromatic amines is 1. The number of amides is 2. The van der Waals surface area contributed by atoms with Gasteiger partial charge in [0.25, 0.3) is 5.91 Å². The Morgan fingerprint density at radius 2 is 1.83 bits per heavy atom. The van der Waals surface area contributed by atoms with Crippen molar-refractivity contribution >= 4 is 22.9 Å². The van der Waals surface area contributed by atoms with Crippen molar-refractivity contribution in [3.05, 3.63) is 59.3 Å². The van der Waals surface area contributed by atoms with Crippen molar-refractivity contribution in [2.24, 2.45) is 0 Å². The fourth-order valence-electron chi connectivity index (χ4n) is 3.91. The molecule has 2 aliphatic heterocycles. The number of nitrogens with one attached hydrogen (secondary N) is 2. The Bertz CT molecular complexity index is 1220. The van der Waals surface area contributed by atoms with Gasteiger partial charge in [-0.15, -0.1) is 0 Å². The van der Waals surface area contributed by atoms with E-state index in [1.54, 1.807) is 12.1 Å². The number of ether oxygens (including phenoxy) is 2. The number of aliphatic hydroxyl groups is 1. The van der Waals surface area contributed by atoms with Crippen LogP contribution in [-0.2, 0) is 25.5 Å². The van der Waals surface area contributed by atoms with E-state index in [0.717, 1.165) is 6.07 Å². The van der Waals surface area contributed by atoms with Crippen LogP contribution in [0.1, 0.15) is 18.1 Å². The fraction of sp³-hybridized carbons (Fsp3) is 0.238. The van der Waals surface area contributed by atoms with Crippen molar-refractivity contribution in [1.29, 1.82) is 0 Å². The first-order valence-electron chi connectivity index (χ1n) is 9.18. The van der Waals surface area contributed by atoms with Crippen molar-refractivity contribution in [3.63, 3.8) is 0 Å². The number of rotatable bonds is 3. The number of benzene rings is 2. The fourth-order valence-corrected chi connectivity index (χ4v) is 3.91. The summed E-state index contributed by atoms with van der Waals surface area (Å²) >= 11 is 0. The van der Waals surface area contributed by atoms with E-state index in [0.29, 0.717) is 5.56 Å². The summed E-state index contributed by atoms with van der Waals surface area (Å²) in [6.45, 7) is 1.66. The second-order valence-electron chi connectivity index (χ2n) is 7.65. The van der Waals surface area contributed by atoms with Crippen LogP contribution in [0.5, 0.6) is 0 Å². The number of hydrogen-bond acceptors (Lipinski definition) is 5. The Labute approximate surface area is 168 Å². The number of carbonyl (C=O) groups excluding carboxylic acids is 2. The van der Waals surface area contributed by atoms with Gasteiger partial charge in [0.1, 0.15) is 17.2 Å². The average Bonchev–Trinajstić information content (AvgIpc) is 3.21. The van der Waals surface area contributed by atoms with Gasteiger partial charge in [0, 0.05) is 17.1 Å². The summed E-state index contributed by atoms with van der Waals surface area (Å²) in [4.78, 5) is 26.5. The van der Waals surface area contributed by atoms with Crippen LogP contribution in [0, 0.1) is 11.6 Å². The van der Waals surface area contributed by atoms with Gasteiger partial charge in [-0.3, -0.25) is 10.1 Å². The third-order valence-corrected chi connectivity index (χ3v) is 5.71. The molecule has 2 saturated heterocycles. The van der Waals surface area contributed by atoms with Gasteiger partial charge in [0.05, 0.1) is 24.3 Å². The maximum absolute atomic E-state index is 15.6. The smallest absolute Gasteiger partial charge is 0.415 e. The Hall–Kier alpha value is -3.30. The molecule has 1 atom stereocenters. The van der Waals surface area contributed by atoms with E-state index in [1.807, 2.05) is 5.32 Å². The summed E-state index contributed by atoms with van der Waals surface area (Å²) in [5.41, 5.74) is -2.09. The molecule has 2 amide bonds. The maximum Gasteiger partial charge on any atom is 0.415 e. The lowest BCUT2D eigenvalue weighted by molar-refractivity contribution is -0.184. The minimum atomic E-state index is -1.75. The minimum Gasteiger partial charge on any atom is -0.428 e. The Balaban J connectivity index is 1.65. The molecule has 9 heteroatoms. The summed E-state index contributed by atoms with van der Waals surface area (Å²) in [5, 5.41) is 12.3. The van der Waals surface area contributed by atoms with Crippen molar-refractivity contribution in [2.75, 3.05) is 13.2 Å². The van der Waals surface area contributed by atoms with E-state index in [9.17, 15) is 19.1 Å². The average molecular weight is 414 g/mol. The summed E-state index contributed by atoms with van der Waals surface area (Å²) in [5.74, 6) is -2.43. The molecule has 7 nitrogen and oxygen atoms in total. The van der Waals surface area contributed by atoms with Crippen molar-refractivity contribution < 1.29 is 33.0 Å². The normalized spacial score (nSPS) is 22.7. The zero-order valence-corrected chi connectivity index (χ0v) is 15.7. The first-order chi connectivity index (χ1) is 14.2. The highest BCUT2D eigenvalue weighted by Crippen LogP contribution is 2.40. The molecule has 154 valence electrons. The second kappa shape index (κ2) is 6.10. The highest BCUT2D eigenvalue weighted by atomic mass is 19.1. The quantitative estimate of drug-likeness (QED) is 0.612. The van der Waals surface area contributed by atoms with Crippen LogP contribution in [0.2, 0.25) is 0 Å². The standard InChI is InChI=1S/C21H16F2N2O5/c1-20(18(26)25-19(27)30-20)12-7-24-14-6-13(22)15(17(23)16(12)14)10-2-4-11(5-3-10)21(28)8-29-9-21/h2-7,24,28H,8-9H2,1H3,(H,25,26,27)/t20-/m0/s1. The third-order valence-electron chi connectivity index (χ3n) is 5.71. The topological polar surface area (TPSA) is 101 Å². The largest absolute Gasteiger partial charge is 0.428 e. The van der Waals surface area contributed by atoms with E-state index in [4.69, 9.17) is 9.47 Å². The lowest BCUT2D eigenvalue weighted by Gasteiger charge is -2.36. The van der Waals surface area contributed by atoms with Gasteiger partial charge in [-0.05, 0) is 24.1 Å². The predicted octanol–water partition coefficient (Wildman–Crippen LogP) is 2.81. The van der Waals surface area contributed by atoms with E-state index in [1.165, 1.54) is 25.3 Å². The number of H-pyrrole nitrogens is 1. The number of hydrogen-bond donors (Lipinski definition) is 3. The van der Waals surface area contributed by atoms with Crippen LogP contribution >= 0.6 is 0 Å². The highest BCUT2D eigenvalue weighted by Gasteiger charge is 2.48. The van der Waals surface area contributed by atoms with Gasteiger partial charge < -0.3 is 19.6 Å². The first kappa shape index (κ1) is 18.7. The first-order valence-corrected chi connectivity index (χ1v) is 9.18. The lowest BCUT2D eigenvalue weighted by atomic mass is 9.89. The van der Waals surface area contributed by atoms with E-state index in [-0.39, 0.29) is 40.8 Å². The predicted molar refractivity (Wildman–Crippen MR) is 100 cm³/mol. The molecular formula is C21H16F2N2O5. The number of alkyl carbamates (subject to hydrolysis) is 1. The summed E-state index contributed by atoms with van der Waals surface area (Å²) in [7, 11) is 0. The monoisotopic (exact) mass is 414 g/mol. The SMILES string of the molecule is C[C@@]1(c2c[nH]c3cc(F)c(-c4ccc(C5(O)COC5)cc4)c(F)c23)OC(=O)NC1=O. The molecule has 2 aliphatic rings. The van der Waals surface area contributed by atoms with Gasteiger partial charge in [-0.1, -0.05) is 24.3 Å². The molecule has 0 saturated carbocycles. The van der Waals surface area contributed by atoms with Crippen molar-refractivity contribution in [3.8, 4) is 11.1 Å². The van der Waals surface area contributed by atoms with Gasteiger partial charge in [0.15, 0.2) is 0 Å². The number of fused-ring (bicyclic) bond motifs is 1. The molecule has 5 rings (SSSR count). The molecule has 0 radical (unpaired) electrons. The van der Waals surface area contributed by atoms with Crippen molar-refractivity contribution in [2.45, 2.75) is 18.1 Å². The van der Waals surface area contributed by atoms with Gasteiger partial charge in [0.2, 0.25) is 5.60 Å². The van der Waals surface area contributed by atoms with Gasteiger partial charge >= 0.3 is 6.09 Å². The number of imide groups is 1. The van der Waals surface area contributed by atoms with Crippen molar-refractivity contribution in [1.82, 2.24) is 10.3 Å². The number of aromatic nitrogens is 1. The molecule has 3 aromatic rings. The molecule has 2 fully saturated rings. The molecular weight excluding hydrogens is 398 g/mol.